The summed E-state index contributed by atoms with van der Waals surface area (Å²) in [5.74, 6) is 0. The Morgan fingerprint density at radius 1 is 0.875 bits per heavy atom. The Kier molecular flexibility index (Phi) is 5.61. The van der Waals surface area contributed by atoms with Gasteiger partial charge in [0.05, 0.1) is 0 Å². The highest BCUT2D eigenvalue weighted by Gasteiger charge is 2.41. The van der Waals surface area contributed by atoms with E-state index in [9.17, 15) is 0 Å². The predicted octanol–water partition coefficient (Wildman–Crippen LogP) is 4.04. The van der Waals surface area contributed by atoms with E-state index in [0.717, 1.165) is 6.04 Å². The van der Waals surface area contributed by atoms with Gasteiger partial charge in [-0.3, -0.25) is 0 Å². The van der Waals surface area contributed by atoms with E-state index in [1.165, 1.54) is 0 Å². The van der Waals surface area contributed by atoms with Crippen molar-refractivity contribution in [3.05, 3.63) is 24.9 Å². The van der Waals surface area contributed by atoms with Crippen molar-refractivity contribution in [2.45, 2.75) is 45.3 Å². The third kappa shape index (κ3) is 6.59. The zero-order chi connectivity index (χ0) is 13.0. The molecule has 94 valence electrons. The van der Waals surface area contributed by atoms with Gasteiger partial charge in [-0.05, 0) is 39.3 Å². The molecule has 0 aromatic heterocycles. The standard InChI is InChI=1S/C11H26O2Si3/c1-9-11-16(10-2,12-14(3,4)5)13-15(6,7)8/h9-10H,1-2,11H2,3-8H3. The lowest BCUT2D eigenvalue weighted by atomic mass is 10.8. The average molecular weight is 275 g/mol. The molecule has 0 amide bonds. The van der Waals surface area contributed by atoms with Crippen molar-refractivity contribution >= 4 is 25.2 Å². The lowest BCUT2D eigenvalue weighted by Gasteiger charge is -2.38. The van der Waals surface area contributed by atoms with Crippen molar-refractivity contribution in [2.24, 2.45) is 0 Å². The van der Waals surface area contributed by atoms with E-state index in [2.05, 4.69) is 52.4 Å². The Morgan fingerprint density at radius 2 is 1.25 bits per heavy atom. The summed E-state index contributed by atoms with van der Waals surface area (Å²) in [7, 11) is -5.49. The Morgan fingerprint density at radius 3 is 1.44 bits per heavy atom. The SMILES string of the molecule is C=CC[Si](C=C)(O[Si](C)(C)C)O[Si](C)(C)C. The van der Waals surface area contributed by atoms with Gasteiger partial charge < -0.3 is 8.23 Å². The third-order valence-electron chi connectivity index (χ3n) is 1.70. The highest BCUT2D eigenvalue weighted by Crippen LogP contribution is 2.25. The quantitative estimate of drug-likeness (QED) is 0.515. The molecule has 0 unspecified atom stereocenters. The van der Waals surface area contributed by atoms with Crippen LogP contribution >= 0.6 is 0 Å². The first kappa shape index (κ1) is 16.1. The second-order valence-corrected chi connectivity index (χ2v) is 18.5. The predicted molar refractivity (Wildman–Crippen MR) is 79.8 cm³/mol. The Hall–Kier alpha value is 0.0506. The van der Waals surface area contributed by atoms with Crippen LogP contribution in [0.25, 0.3) is 0 Å². The molecule has 0 aliphatic heterocycles. The molecule has 0 radical (unpaired) electrons. The molecular weight excluding hydrogens is 248 g/mol. The van der Waals surface area contributed by atoms with Crippen LogP contribution in [0.2, 0.25) is 45.3 Å². The van der Waals surface area contributed by atoms with Gasteiger partial charge >= 0.3 is 8.56 Å². The third-order valence-corrected chi connectivity index (χ3v) is 10.8. The molecule has 2 nitrogen and oxygen atoms in total. The first-order valence-electron chi connectivity index (χ1n) is 5.68. The molecule has 0 atom stereocenters. The monoisotopic (exact) mass is 274 g/mol. The van der Waals surface area contributed by atoms with Crippen molar-refractivity contribution in [3.63, 3.8) is 0 Å². The highest BCUT2D eigenvalue weighted by molar-refractivity contribution is 6.90. The van der Waals surface area contributed by atoms with Crippen LogP contribution in [0.5, 0.6) is 0 Å². The molecule has 0 aliphatic carbocycles. The van der Waals surface area contributed by atoms with Gasteiger partial charge in [-0.15, -0.1) is 13.2 Å². The van der Waals surface area contributed by atoms with Gasteiger partial charge in [0.1, 0.15) is 0 Å². The van der Waals surface area contributed by atoms with Crippen molar-refractivity contribution in [1.29, 1.82) is 0 Å². The second-order valence-electron chi connectivity index (χ2n) is 5.94. The summed E-state index contributed by atoms with van der Waals surface area (Å²) in [4.78, 5) is 0. The van der Waals surface area contributed by atoms with E-state index in [-0.39, 0.29) is 0 Å². The van der Waals surface area contributed by atoms with Crippen LogP contribution in [0.15, 0.2) is 24.9 Å². The van der Waals surface area contributed by atoms with E-state index < -0.39 is 25.2 Å². The molecule has 0 rings (SSSR count). The van der Waals surface area contributed by atoms with Crippen LogP contribution < -0.4 is 0 Å². The number of hydrogen-bond acceptors (Lipinski definition) is 2. The molecule has 0 bridgehead atoms. The highest BCUT2D eigenvalue weighted by atomic mass is 28.5. The van der Waals surface area contributed by atoms with Gasteiger partial charge in [-0.1, -0.05) is 11.8 Å². The van der Waals surface area contributed by atoms with E-state index in [4.69, 9.17) is 8.23 Å². The lowest BCUT2D eigenvalue weighted by molar-refractivity contribution is 0.397. The maximum absolute atomic E-state index is 6.29. The van der Waals surface area contributed by atoms with Crippen LogP contribution in [0.1, 0.15) is 0 Å². The molecule has 0 aromatic rings. The van der Waals surface area contributed by atoms with Gasteiger partial charge in [0.15, 0.2) is 16.6 Å². The maximum Gasteiger partial charge on any atom is 0.347 e. The summed E-state index contributed by atoms with van der Waals surface area (Å²) >= 11 is 0. The van der Waals surface area contributed by atoms with Crippen LogP contribution in [0.4, 0.5) is 0 Å². The Balaban J connectivity index is 4.99. The molecule has 5 heteroatoms. The maximum atomic E-state index is 6.29. The second kappa shape index (κ2) is 5.59. The molecule has 0 fully saturated rings. The van der Waals surface area contributed by atoms with Crippen LogP contribution in [-0.2, 0) is 8.23 Å². The fraction of sp³-hybridized carbons (Fsp3) is 0.636. The molecule has 0 saturated heterocycles. The minimum atomic E-state index is -2.27. The van der Waals surface area contributed by atoms with Gasteiger partial charge in [-0.2, -0.15) is 0 Å². The van der Waals surface area contributed by atoms with E-state index in [1.54, 1.807) is 0 Å². The summed E-state index contributed by atoms with van der Waals surface area (Å²) in [6.45, 7) is 20.9. The largest absolute Gasteiger partial charge is 0.433 e. The van der Waals surface area contributed by atoms with Crippen molar-refractivity contribution in [1.82, 2.24) is 0 Å². The molecule has 0 spiro atoms. The normalized spacial score (nSPS) is 13.6. The fourth-order valence-electron chi connectivity index (χ4n) is 1.51. The van der Waals surface area contributed by atoms with E-state index >= 15 is 0 Å². The van der Waals surface area contributed by atoms with Gasteiger partial charge in [-0.25, -0.2) is 0 Å². The molecule has 0 heterocycles. The number of hydrogen-bond donors (Lipinski definition) is 0. The van der Waals surface area contributed by atoms with Gasteiger partial charge in [0.2, 0.25) is 0 Å². The summed E-state index contributed by atoms with van der Waals surface area (Å²) in [6, 6.07) is 0.797. The van der Waals surface area contributed by atoms with Crippen molar-refractivity contribution < 1.29 is 8.23 Å². The van der Waals surface area contributed by atoms with E-state index in [1.807, 2.05) is 11.8 Å². The molecule has 16 heavy (non-hydrogen) atoms. The molecule has 0 aromatic carbocycles. The minimum absolute atomic E-state index is 0.797. The summed E-state index contributed by atoms with van der Waals surface area (Å²) < 4.78 is 12.6. The number of allylic oxidation sites excluding steroid dienone is 1. The van der Waals surface area contributed by atoms with Gasteiger partial charge in [0, 0.05) is 6.04 Å². The first-order chi connectivity index (χ1) is 7.04. The van der Waals surface area contributed by atoms with Crippen LogP contribution in [0.3, 0.4) is 0 Å². The van der Waals surface area contributed by atoms with Crippen molar-refractivity contribution in [3.8, 4) is 0 Å². The lowest BCUT2D eigenvalue weighted by Crippen LogP contribution is -2.53. The molecule has 0 N–H and O–H groups in total. The summed E-state index contributed by atoms with van der Waals surface area (Å²) in [5, 5.41) is 0. The molecule has 0 saturated carbocycles. The van der Waals surface area contributed by atoms with Gasteiger partial charge in [0.25, 0.3) is 0 Å². The molecular formula is C11H26O2Si3. The Bertz CT molecular complexity index is 235. The first-order valence-corrected chi connectivity index (χ1v) is 14.6. The molecule has 0 aliphatic rings. The van der Waals surface area contributed by atoms with Crippen LogP contribution in [-0.4, -0.2) is 25.2 Å². The average Bonchev–Trinajstić information content (AvgIpc) is 1.98. The van der Waals surface area contributed by atoms with Crippen LogP contribution in [0, 0.1) is 0 Å². The zero-order valence-electron chi connectivity index (χ0n) is 11.6. The van der Waals surface area contributed by atoms with Crippen molar-refractivity contribution in [2.75, 3.05) is 0 Å². The smallest absolute Gasteiger partial charge is 0.347 e. The van der Waals surface area contributed by atoms with E-state index in [0.29, 0.717) is 0 Å². The summed E-state index contributed by atoms with van der Waals surface area (Å²) in [6.07, 6.45) is 1.90. The fourth-order valence-corrected chi connectivity index (χ4v) is 12.2. The topological polar surface area (TPSA) is 18.5 Å². The minimum Gasteiger partial charge on any atom is -0.433 e. The Labute approximate surface area is 104 Å². The number of rotatable bonds is 7. The summed E-state index contributed by atoms with van der Waals surface area (Å²) in [5.41, 5.74) is 1.92. The zero-order valence-corrected chi connectivity index (χ0v) is 14.6.